The van der Waals surface area contributed by atoms with E-state index >= 15 is 0 Å². The van der Waals surface area contributed by atoms with Crippen LogP contribution in [0, 0.1) is 0 Å². The number of nitrogens with one attached hydrogen (secondary N) is 1. The summed E-state index contributed by atoms with van der Waals surface area (Å²) in [6.07, 6.45) is 3.91. The van der Waals surface area contributed by atoms with Crippen molar-refractivity contribution < 1.29 is 4.74 Å². The number of hydrogen-bond donors (Lipinski definition) is 1. The van der Waals surface area contributed by atoms with Crippen LogP contribution in [-0.4, -0.2) is 44.2 Å². The molecule has 1 aliphatic rings. The van der Waals surface area contributed by atoms with E-state index in [0.717, 1.165) is 19.6 Å². The van der Waals surface area contributed by atoms with Crippen LogP contribution in [0.4, 0.5) is 0 Å². The maximum absolute atomic E-state index is 6.07. The molecule has 1 saturated heterocycles. The van der Waals surface area contributed by atoms with E-state index < -0.39 is 0 Å². The molecule has 1 unspecified atom stereocenters. The van der Waals surface area contributed by atoms with Gasteiger partial charge in [-0.25, -0.2) is 0 Å². The second kappa shape index (κ2) is 8.08. The maximum Gasteiger partial charge on any atom is 0.138 e. The van der Waals surface area contributed by atoms with Gasteiger partial charge in [-0.05, 0) is 44.6 Å². The summed E-state index contributed by atoms with van der Waals surface area (Å²) in [6.45, 7) is 3.73. The summed E-state index contributed by atoms with van der Waals surface area (Å²) in [6, 6.07) is 5.92. The highest BCUT2D eigenvalue weighted by atomic mass is 35.5. The lowest BCUT2D eigenvalue weighted by Gasteiger charge is -2.28. The number of benzene rings is 1. The number of likely N-dealkylation sites (N-methyl/N-ethyl adjacent to an activating group) is 1. The van der Waals surface area contributed by atoms with Gasteiger partial charge in [0, 0.05) is 24.2 Å². The third kappa shape index (κ3) is 5.13. The Balaban J connectivity index is 1.69. The minimum atomic E-state index is 0.564. The summed E-state index contributed by atoms with van der Waals surface area (Å²) in [4.78, 5) is 2.30. The first-order chi connectivity index (χ1) is 9.65. The lowest BCUT2D eigenvalue weighted by molar-refractivity contribution is 0.212. The molecule has 1 heterocycles. The van der Waals surface area contributed by atoms with E-state index in [-0.39, 0.29) is 0 Å². The third-order valence-corrected chi connectivity index (χ3v) is 4.10. The number of nitrogens with zero attached hydrogens (tertiary/aromatic N) is 1. The van der Waals surface area contributed by atoms with Gasteiger partial charge in [-0.1, -0.05) is 29.6 Å². The van der Waals surface area contributed by atoms with Crippen molar-refractivity contribution in [1.82, 2.24) is 10.2 Å². The molecule has 0 aromatic heterocycles. The standard InChI is InChI=1S/C15H22Cl2N2O/c1-19(11-13-4-2-3-7-18-13)8-9-20-15-6-5-12(16)10-14(15)17/h5-6,10,13,18H,2-4,7-9,11H2,1H3. The quantitative estimate of drug-likeness (QED) is 0.870. The average Bonchev–Trinajstić information content (AvgIpc) is 2.42. The van der Waals surface area contributed by atoms with Crippen LogP contribution in [-0.2, 0) is 0 Å². The maximum atomic E-state index is 6.07. The Morgan fingerprint density at radius 3 is 2.90 bits per heavy atom. The van der Waals surface area contributed by atoms with Crippen molar-refractivity contribution in [1.29, 1.82) is 0 Å². The monoisotopic (exact) mass is 316 g/mol. The topological polar surface area (TPSA) is 24.5 Å². The van der Waals surface area contributed by atoms with Gasteiger partial charge in [0.05, 0.1) is 5.02 Å². The van der Waals surface area contributed by atoms with E-state index in [9.17, 15) is 0 Å². The molecule has 0 saturated carbocycles. The van der Waals surface area contributed by atoms with Gasteiger partial charge in [0.15, 0.2) is 0 Å². The lowest BCUT2D eigenvalue weighted by atomic mass is 10.0. The van der Waals surface area contributed by atoms with E-state index in [4.69, 9.17) is 27.9 Å². The van der Waals surface area contributed by atoms with Gasteiger partial charge in [-0.15, -0.1) is 0 Å². The van der Waals surface area contributed by atoms with Crippen molar-refractivity contribution in [3.05, 3.63) is 28.2 Å². The average molecular weight is 317 g/mol. The number of hydrogen-bond acceptors (Lipinski definition) is 3. The van der Waals surface area contributed by atoms with E-state index in [1.54, 1.807) is 12.1 Å². The number of ether oxygens (including phenoxy) is 1. The molecule has 20 heavy (non-hydrogen) atoms. The van der Waals surface area contributed by atoms with Crippen molar-refractivity contribution >= 4 is 23.2 Å². The van der Waals surface area contributed by atoms with Crippen molar-refractivity contribution in [3.63, 3.8) is 0 Å². The summed E-state index contributed by atoms with van der Waals surface area (Å²) >= 11 is 11.9. The van der Waals surface area contributed by atoms with Crippen molar-refractivity contribution in [3.8, 4) is 5.75 Å². The predicted molar refractivity (Wildman–Crippen MR) is 85.1 cm³/mol. The predicted octanol–water partition coefficient (Wildman–Crippen LogP) is 3.45. The highest BCUT2D eigenvalue weighted by molar-refractivity contribution is 6.35. The first kappa shape index (κ1) is 15.9. The van der Waals surface area contributed by atoms with Crippen molar-refractivity contribution in [2.24, 2.45) is 0 Å². The first-order valence-corrected chi connectivity index (χ1v) is 7.90. The largest absolute Gasteiger partial charge is 0.491 e. The van der Waals surface area contributed by atoms with Crippen LogP contribution in [0.3, 0.4) is 0 Å². The molecule has 2 rings (SSSR count). The van der Waals surface area contributed by atoms with E-state index in [1.165, 1.54) is 19.3 Å². The van der Waals surface area contributed by atoms with Gasteiger partial charge in [0.25, 0.3) is 0 Å². The number of rotatable bonds is 6. The van der Waals surface area contributed by atoms with Crippen LogP contribution in [0.15, 0.2) is 18.2 Å². The highest BCUT2D eigenvalue weighted by Gasteiger charge is 2.14. The molecule has 1 atom stereocenters. The Morgan fingerprint density at radius 2 is 2.20 bits per heavy atom. The molecule has 3 nitrogen and oxygen atoms in total. The van der Waals surface area contributed by atoms with Gasteiger partial charge in [-0.3, -0.25) is 0 Å². The SMILES string of the molecule is CN(CCOc1ccc(Cl)cc1Cl)CC1CCCCN1. The van der Waals surface area contributed by atoms with Crippen molar-refractivity contribution in [2.45, 2.75) is 25.3 Å². The molecule has 5 heteroatoms. The summed E-state index contributed by atoms with van der Waals surface area (Å²) in [7, 11) is 2.13. The van der Waals surface area contributed by atoms with Gasteiger partial charge < -0.3 is 15.0 Å². The first-order valence-electron chi connectivity index (χ1n) is 7.15. The Bertz CT molecular complexity index is 422. The summed E-state index contributed by atoms with van der Waals surface area (Å²) in [5, 5.41) is 4.75. The molecule has 0 spiro atoms. The molecular weight excluding hydrogens is 295 g/mol. The zero-order valence-electron chi connectivity index (χ0n) is 11.9. The smallest absolute Gasteiger partial charge is 0.138 e. The Morgan fingerprint density at radius 1 is 1.35 bits per heavy atom. The van der Waals surface area contributed by atoms with Crippen LogP contribution in [0.2, 0.25) is 10.0 Å². The van der Waals surface area contributed by atoms with Crippen LogP contribution < -0.4 is 10.1 Å². The van der Waals surface area contributed by atoms with E-state index in [2.05, 4.69) is 17.3 Å². The Kier molecular flexibility index (Phi) is 6.43. The number of piperidine rings is 1. The molecule has 0 amide bonds. The van der Waals surface area contributed by atoms with Gasteiger partial charge in [-0.2, -0.15) is 0 Å². The summed E-state index contributed by atoms with van der Waals surface area (Å²) < 4.78 is 5.70. The normalized spacial score (nSPS) is 19.3. The fourth-order valence-corrected chi connectivity index (χ4v) is 2.91. The van der Waals surface area contributed by atoms with Gasteiger partial charge in [0.2, 0.25) is 0 Å². The molecule has 1 aliphatic heterocycles. The fraction of sp³-hybridized carbons (Fsp3) is 0.600. The highest BCUT2D eigenvalue weighted by Crippen LogP contribution is 2.27. The zero-order valence-corrected chi connectivity index (χ0v) is 13.4. The van der Waals surface area contributed by atoms with Crippen LogP contribution in [0.5, 0.6) is 5.75 Å². The number of halogens is 2. The zero-order chi connectivity index (χ0) is 14.4. The molecule has 1 aromatic rings. The van der Waals surface area contributed by atoms with Gasteiger partial charge >= 0.3 is 0 Å². The van der Waals surface area contributed by atoms with Crippen LogP contribution >= 0.6 is 23.2 Å². The van der Waals surface area contributed by atoms with E-state index in [0.29, 0.717) is 28.4 Å². The minimum absolute atomic E-state index is 0.564. The lowest BCUT2D eigenvalue weighted by Crippen LogP contribution is -2.43. The molecule has 1 fully saturated rings. The molecule has 1 aromatic carbocycles. The van der Waals surface area contributed by atoms with Crippen molar-refractivity contribution in [2.75, 3.05) is 33.3 Å². The summed E-state index contributed by atoms with van der Waals surface area (Å²) in [5.74, 6) is 0.695. The second-order valence-electron chi connectivity index (χ2n) is 5.33. The fourth-order valence-electron chi connectivity index (χ4n) is 2.45. The Labute approximate surface area is 131 Å². The molecule has 112 valence electrons. The van der Waals surface area contributed by atoms with Gasteiger partial charge in [0.1, 0.15) is 12.4 Å². The second-order valence-corrected chi connectivity index (χ2v) is 6.18. The minimum Gasteiger partial charge on any atom is -0.491 e. The summed E-state index contributed by atoms with van der Waals surface area (Å²) in [5.41, 5.74) is 0. The third-order valence-electron chi connectivity index (χ3n) is 3.57. The molecular formula is C15H22Cl2N2O. The molecule has 0 radical (unpaired) electrons. The van der Waals surface area contributed by atoms with Crippen LogP contribution in [0.1, 0.15) is 19.3 Å². The Hall–Kier alpha value is -0.480. The molecule has 1 N–H and O–H groups in total. The van der Waals surface area contributed by atoms with Crippen LogP contribution in [0.25, 0.3) is 0 Å². The molecule has 0 aliphatic carbocycles. The molecule has 0 bridgehead atoms. The van der Waals surface area contributed by atoms with E-state index in [1.807, 2.05) is 6.07 Å².